The molecule has 2 aromatic carbocycles. The van der Waals surface area contributed by atoms with Crippen molar-refractivity contribution in [3.8, 4) is 11.1 Å². The number of anilines is 2. The smallest absolute Gasteiger partial charge is 0.274 e. The SMILES string of the molecule is N=Cc1ccc(N2CCn3cc(-c4ccc(Cl)cc4)cc3C2=O)cc1NCCN1CCCC1. The van der Waals surface area contributed by atoms with E-state index >= 15 is 0 Å². The van der Waals surface area contributed by atoms with E-state index in [2.05, 4.69) is 10.2 Å². The van der Waals surface area contributed by atoms with Crippen LogP contribution in [0.1, 0.15) is 28.9 Å². The summed E-state index contributed by atoms with van der Waals surface area (Å²) in [6.45, 7) is 5.49. The molecule has 0 unspecified atom stereocenters. The number of aromatic nitrogens is 1. The van der Waals surface area contributed by atoms with Gasteiger partial charge in [0.15, 0.2) is 0 Å². The fourth-order valence-electron chi connectivity index (χ4n) is 4.71. The van der Waals surface area contributed by atoms with E-state index in [1.54, 1.807) is 0 Å². The molecule has 33 heavy (non-hydrogen) atoms. The lowest BCUT2D eigenvalue weighted by Gasteiger charge is -2.29. The molecule has 170 valence electrons. The van der Waals surface area contributed by atoms with Gasteiger partial charge in [-0.05, 0) is 67.9 Å². The van der Waals surface area contributed by atoms with Gasteiger partial charge >= 0.3 is 0 Å². The lowest BCUT2D eigenvalue weighted by molar-refractivity contribution is 0.0965. The van der Waals surface area contributed by atoms with Crippen molar-refractivity contribution in [3.63, 3.8) is 0 Å². The van der Waals surface area contributed by atoms with Crippen LogP contribution in [0.15, 0.2) is 54.7 Å². The van der Waals surface area contributed by atoms with E-state index in [1.807, 2.05) is 64.2 Å². The Morgan fingerprint density at radius 3 is 2.52 bits per heavy atom. The number of nitrogens with zero attached hydrogens (tertiary/aromatic N) is 3. The van der Waals surface area contributed by atoms with Crippen LogP contribution in [0.4, 0.5) is 11.4 Å². The van der Waals surface area contributed by atoms with Crippen LogP contribution in [-0.2, 0) is 6.54 Å². The first-order valence-electron chi connectivity index (χ1n) is 11.5. The van der Waals surface area contributed by atoms with Gasteiger partial charge in [-0.25, -0.2) is 0 Å². The Morgan fingerprint density at radius 1 is 0.970 bits per heavy atom. The highest BCUT2D eigenvalue weighted by atomic mass is 35.5. The summed E-state index contributed by atoms with van der Waals surface area (Å²) in [5.41, 5.74) is 5.33. The summed E-state index contributed by atoms with van der Waals surface area (Å²) in [6.07, 6.45) is 5.96. The highest BCUT2D eigenvalue weighted by molar-refractivity contribution is 6.30. The number of hydrogen-bond acceptors (Lipinski definition) is 4. The summed E-state index contributed by atoms with van der Waals surface area (Å²) in [7, 11) is 0. The van der Waals surface area contributed by atoms with Crippen LogP contribution in [0.25, 0.3) is 11.1 Å². The van der Waals surface area contributed by atoms with Crippen LogP contribution in [0.5, 0.6) is 0 Å². The summed E-state index contributed by atoms with van der Waals surface area (Å²) in [6, 6.07) is 15.5. The van der Waals surface area contributed by atoms with Gasteiger partial charge in [0.25, 0.3) is 5.91 Å². The Balaban J connectivity index is 1.35. The number of hydrogen-bond donors (Lipinski definition) is 2. The molecule has 2 N–H and O–H groups in total. The van der Waals surface area contributed by atoms with Crippen LogP contribution < -0.4 is 10.2 Å². The molecule has 0 bridgehead atoms. The van der Waals surface area contributed by atoms with Gasteiger partial charge in [0.05, 0.1) is 0 Å². The van der Waals surface area contributed by atoms with Gasteiger partial charge in [0, 0.05) is 66.1 Å². The monoisotopic (exact) mass is 461 g/mol. The van der Waals surface area contributed by atoms with Gasteiger partial charge in [-0.2, -0.15) is 0 Å². The Labute approximate surface area is 199 Å². The van der Waals surface area contributed by atoms with Gasteiger partial charge < -0.3 is 25.1 Å². The highest BCUT2D eigenvalue weighted by Gasteiger charge is 2.27. The minimum atomic E-state index is -0.00733. The van der Waals surface area contributed by atoms with Crippen molar-refractivity contribution in [3.05, 3.63) is 71.0 Å². The number of halogens is 1. The summed E-state index contributed by atoms with van der Waals surface area (Å²) in [4.78, 5) is 17.7. The summed E-state index contributed by atoms with van der Waals surface area (Å²) < 4.78 is 2.03. The van der Waals surface area contributed by atoms with Crippen molar-refractivity contribution < 1.29 is 4.79 Å². The van der Waals surface area contributed by atoms with Crippen molar-refractivity contribution in [1.29, 1.82) is 5.41 Å². The lowest BCUT2D eigenvalue weighted by atomic mass is 10.1. The van der Waals surface area contributed by atoms with Crippen LogP contribution >= 0.6 is 11.6 Å². The fraction of sp³-hybridized carbons (Fsp3) is 0.308. The summed E-state index contributed by atoms with van der Waals surface area (Å²) in [5, 5.41) is 12.0. The van der Waals surface area contributed by atoms with Crippen molar-refractivity contribution in [1.82, 2.24) is 9.47 Å². The molecule has 2 aliphatic rings. The maximum Gasteiger partial charge on any atom is 0.274 e. The maximum atomic E-state index is 13.4. The molecule has 3 aromatic rings. The minimum absolute atomic E-state index is 0.00733. The molecule has 1 aromatic heterocycles. The largest absolute Gasteiger partial charge is 0.383 e. The fourth-order valence-corrected chi connectivity index (χ4v) is 4.84. The zero-order chi connectivity index (χ0) is 22.8. The lowest BCUT2D eigenvalue weighted by Crippen LogP contribution is -2.40. The molecule has 1 amide bonds. The zero-order valence-electron chi connectivity index (χ0n) is 18.6. The number of benzene rings is 2. The molecule has 3 heterocycles. The van der Waals surface area contributed by atoms with E-state index in [0.29, 0.717) is 17.3 Å². The average Bonchev–Trinajstić information content (AvgIpc) is 3.50. The molecular weight excluding hydrogens is 434 g/mol. The van der Waals surface area contributed by atoms with E-state index < -0.39 is 0 Å². The average molecular weight is 462 g/mol. The molecule has 0 spiro atoms. The Kier molecular flexibility index (Phi) is 6.20. The first kappa shape index (κ1) is 21.7. The standard InChI is InChI=1S/C26H28ClN5O/c27-22-6-3-19(4-7-22)21-15-25-26(33)32(14-13-31(25)18-21)23-8-5-20(17-28)24(16-23)29-9-12-30-10-1-2-11-30/h3-8,15-18,28-29H,1-2,9-14H2. The number of carbonyl (C=O) groups excluding carboxylic acids is 1. The molecule has 0 radical (unpaired) electrons. The van der Waals surface area contributed by atoms with Crippen molar-refractivity contribution in [2.75, 3.05) is 42.9 Å². The summed E-state index contributed by atoms with van der Waals surface area (Å²) >= 11 is 6.02. The second-order valence-electron chi connectivity index (χ2n) is 8.66. The zero-order valence-corrected chi connectivity index (χ0v) is 19.3. The molecule has 1 fully saturated rings. The van der Waals surface area contributed by atoms with Crippen molar-refractivity contribution in [2.45, 2.75) is 19.4 Å². The number of nitrogens with one attached hydrogen (secondary N) is 2. The Bertz CT molecular complexity index is 1160. The molecule has 0 aliphatic carbocycles. The second kappa shape index (κ2) is 9.41. The van der Waals surface area contributed by atoms with Crippen LogP contribution in [0.2, 0.25) is 5.02 Å². The topological polar surface area (TPSA) is 64.4 Å². The van der Waals surface area contributed by atoms with E-state index in [9.17, 15) is 4.79 Å². The molecule has 0 saturated carbocycles. The molecular formula is C26H28ClN5O. The van der Waals surface area contributed by atoms with E-state index in [4.69, 9.17) is 17.0 Å². The van der Waals surface area contributed by atoms with Gasteiger partial charge in [-0.15, -0.1) is 0 Å². The molecule has 1 saturated heterocycles. The normalized spacial score (nSPS) is 16.2. The molecule has 5 rings (SSSR count). The maximum absolute atomic E-state index is 13.4. The van der Waals surface area contributed by atoms with Gasteiger partial charge in [-0.1, -0.05) is 23.7 Å². The first-order chi connectivity index (χ1) is 16.1. The first-order valence-corrected chi connectivity index (χ1v) is 11.9. The Hall–Kier alpha value is -3.09. The third-order valence-electron chi connectivity index (χ3n) is 6.55. The highest BCUT2D eigenvalue weighted by Crippen LogP contribution is 2.30. The predicted octanol–water partition coefficient (Wildman–Crippen LogP) is 4.97. The third kappa shape index (κ3) is 4.54. The van der Waals surface area contributed by atoms with Crippen LogP contribution in [0.3, 0.4) is 0 Å². The van der Waals surface area contributed by atoms with Crippen LogP contribution in [0, 0.1) is 5.41 Å². The van der Waals surface area contributed by atoms with Gasteiger partial charge in [0.2, 0.25) is 0 Å². The van der Waals surface area contributed by atoms with E-state index in [-0.39, 0.29) is 5.91 Å². The molecule has 7 heteroatoms. The van der Waals surface area contributed by atoms with Crippen molar-refractivity contribution in [2.24, 2.45) is 0 Å². The minimum Gasteiger partial charge on any atom is -0.383 e. The number of rotatable bonds is 7. The van der Waals surface area contributed by atoms with Crippen LogP contribution in [-0.4, -0.2) is 54.3 Å². The molecule has 6 nitrogen and oxygen atoms in total. The second-order valence-corrected chi connectivity index (χ2v) is 9.10. The number of amides is 1. The van der Waals surface area contributed by atoms with E-state index in [0.717, 1.165) is 47.7 Å². The Morgan fingerprint density at radius 2 is 1.76 bits per heavy atom. The quantitative estimate of drug-likeness (QED) is 0.488. The third-order valence-corrected chi connectivity index (χ3v) is 6.80. The number of carbonyl (C=O) groups is 1. The predicted molar refractivity (Wildman–Crippen MR) is 135 cm³/mol. The summed E-state index contributed by atoms with van der Waals surface area (Å²) in [5.74, 6) is -0.00733. The van der Waals surface area contributed by atoms with Gasteiger partial charge in [0.1, 0.15) is 5.69 Å². The van der Waals surface area contributed by atoms with E-state index in [1.165, 1.54) is 32.1 Å². The van der Waals surface area contributed by atoms with Gasteiger partial charge in [-0.3, -0.25) is 4.79 Å². The molecule has 0 atom stereocenters. The van der Waals surface area contributed by atoms with Crippen molar-refractivity contribution >= 4 is 35.1 Å². The number of likely N-dealkylation sites (tertiary alicyclic amines) is 1. The molecule has 2 aliphatic heterocycles. The number of fused-ring (bicyclic) bond motifs is 1.